The number of amides is 1. The largest absolute Gasteiger partial charge is 0.297 e. The first-order chi connectivity index (χ1) is 15.3. The Morgan fingerprint density at radius 3 is 2.87 bits per heavy atom. The highest BCUT2D eigenvalue weighted by Gasteiger charge is 2.24. The highest BCUT2D eigenvalue weighted by atomic mass is 16.2. The molecule has 1 aromatic heterocycles. The molecule has 0 saturated carbocycles. The Labute approximate surface area is 183 Å². The highest BCUT2D eigenvalue weighted by molar-refractivity contribution is 5.96. The fraction of sp³-hybridized carbons (Fsp3) is 0.286. The topological polar surface area (TPSA) is 33.2 Å². The van der Waals surface area contributed by atoms with Crippen molar-refractivity contribution < 1.29 is 4.79 Å². The van der Waals surface area contributed by atoms with Gasteiger partial charge in [-0.2, -0.15) is 0 Å². The summed E-state index contributed by atoms with van der Waals surface area (Å²) in [5.41, 5.74) is 8.59. The van der Waals surface area contributed by atoms with Gasteiger partial charge in [0.2, 0.25) is 5.91 Å². The number of fused-ring (bicyclic) bond motifs is 4. The Morgan fingerprint density at radius 1 is 1.00 bits per heavy atom. The van der Waals surface area contributed by atoms with Crippen molar-refractivity contribution in [3.05, 3.63) is 88.6 Å². The normalized spacial score (nSPS) is 17.9. The SMILES string of the molecule is O=C1CCCN1c1cc(Cc2cccc3ccc4c(c23)CCC2=C4C=CCC2)ccn1. The fourth-order valence-corrected chi connectivity index (χ4v) is 5.55. The van der Waals surface area contributed by atoms with Crippen LogP contribution in [0.25, 0.3) is 16.3 Å². The molecule has 31 heavy (non-hydrogen) atoms. The maximum atomic E-state index is 12.2. The zero-order valence-corrected chi connectivity index (χ0v) is 17.7. The van der Waals surface area contributed by atoms with Gasteiger partial charge in [0.15, 0.2) is 0 Å². The van der Waals surface area contributed by atoms with Crippen LogP contribution >= 0.6 is 0 Å². The molecule has 3 aromatic rings. The first-order valence-electron chi connectivity index (χ1n) is 11.5. The number of aromatic nitrogens is 1. The minimum Gasteiger partial charge on any atom is -0.297 e. The summed E-state index contributed by atoms with van der Waals surface area (Å²) in [6.07, 6.45) is 13.6. The van der Waals surface area contributed by atoms with E-state index in [2.05, 4.69) is 59.6 Å². The molecule has 2 heterocycles. The monoisotopic (exact) mass is 406 g/mol. The van der Waals surface area contributed by atoms with Gasteiger partial charge < -0.3 is 0 Å². The van der Waals surface area contributed by atoms with Gasteiger partial charge in [-0.3, -0.25) is 9.69 Å². The van der Waals surface area contributed by atoms with Gasteiger partial charge in [-0.1, -0.05) is 48.1 Å². The van der Waals surface area contributed by atoms with Crippen LogP contribution in [0.1, 0.15) is 54.4 Å². The summed E-state index contributed by atoms with van der Waals surface area (Å²) in [5.74, 6) is 0.984. The zero-order valence-electron chi connectivity index (χ0n) is 17.7. The molecule has 1 saturated heterocycles. The molecular weight excluding hydrogens is 380 g/mol. The first-order valence-corrected chi connectivity index (χ1v) is 11.5. The van der Waals surface area contributed by atoms with Crippen molar-refractivity contribution >= 4 is 28.1 Å². The van der Waals surface area contributed by atoms with Gasteiger partial charge in [-0.05, 0) is 89.3 Å². The second-order valence-electron chi connectivity index (χ2n) is 8.91. The minimum atomic E-state index is 0.188. The Bertz CT molecular complexity index is 1270. The molecule has 3 nitrogen and oxygen atoms in total. The number of anilines is 1. The van der Waals surface area contributed by atoms with Crippen molar-refractivity contribution in [1.29, 1.82) is 0 Å². The van der Waals surface area contributed by atoms with Crippen LogP contribution in [-0.4, -0.2) is 17.4 Å². The van der Waals surface area contributed by atoms with E-state index in [4.69, 9.17) is 0 Å². The van der Waals surface area contributed by atoms with Crippen LogP contribution < -0.4 is 4.90 Å². The molecule has 1 fully saturated rings. The van der Waals surface area contributed by atoms with Gasteiger partial charge in [0.1, 0.15) is 5.82 Å². The average molecular weight is 407 g/mol. The summed E-state index contributed by atoms with van der Waals surface area (Å²) >= 11 is 0. The van der Waals surface area contributed by atoms with Crippen LogP contribution in [0.2, 0.25) is 0 Å². The zero-order chi connectivity index (χ0) is 20.8. The van der Waals surface area contributed by atoms with E-state index in [-0.39, 0.29) is 5.91 Å². The fourth-order valence-electron chi connectivity index (χ4n) is 5.55. The molecule has 0 radical (unpaired) electrons. The number of carbonyl (C=O) groups excluding carboxylic acids is 1. The molecular formula is C28H26N2O. The number of nitrogens with zero attached hydrogens (tertiary/aromatic N) is 2. The predicted octanol–water partition coefficient (Wildman–Crippen LogP) is 6.00. The predicted molar refractivity (Wildman–Crippen MR) is 126 cm³/mol. The third-order valence-electron chi connectivity index (χ3n) is 7.04. The summed E-state index contributed by atoms with van der Waals surface area (Å²) in [5, 5.41) is 2.74. The van der Waals surface area contributed by atoms with Crippen LogP contribution in [0.3, 0.4) is 0 Å². The number of carbonyl (C=O) groups is 1. The van der Waals surface area contributed by atoms with E-state index in [1.165, 1.54) is 57.9 Å². The van der Waals surface area contributed by atoms with Crippen molar-refractivity contribution in [1.82, 2.24) is 4.98 Å². The van der Waals surface area contributed by atoms with Crippen LogP contribution in [0.5, 0.6) is 0 Å². The van der Waals surface area contributed by atoms with Crippen molar-refractivity contribution in [2.45, 2.75) is 44.9 Å². The molecule has 3 aliphatic rings. The van der Waals surface area contributed by atoms with Crippen LogP contribution in [0.15, 0.2) is 66.4 Å². The second kappa shape index (κ2) is 7.49. The number of hydrogen-bond donors (Lipinski definition) is 0. The minimum absolute atomic E-state index is 0.188. The average Bonchev–Trinajstić information content (AvgIpc) is 3.25. The van der Waals surface area contributed by atoms with Crippen LogP contribution in [0, 0.1) is 0 Å². The number of allylic oxidation sites excluding steroid dienone is 4. The van der Waals surface area contributed by atoms with Gasteiger partial charge in [-0.15, -0.1) is 0 Å². The summed E-state index contributed by atoms with van der Waals surface area (Å²) in [6.45, 7) is 0.780. The van der Waals surface area contributed by atoms with Gasteiger partial charge >= 0.3 is 0 Å². The van der Waals surface area contributed by atoms with E-state index >= 15 is 0 Å². The lowest BCUT2D eigenvalue weighted by Crippen LogP contribution is -2.24. The molecule has 0 bridgehead atoms. The van der Waals surface area contributed by atoms with Gasteiger partial charge in [0, 0.05) is 19.2 Å². The van der Waals surface area contributed by atoms with Crippen LogP contribution in [0.4, 0.5) is 5.82 Å². The molecule has 0 atom stereocenters. The summed E-state index contributed by atoms with van der Waals surface area (Å²) in [4.78, 5) is 18.5. The van der Waals surface area contributed by atoms with E-state index < -0.39 is 0 Å². The van der Waals surface area contributed by atoms with Crippen molar-refractivity contribution in [3.8, 4) is 0 Å². The molecule has 3 heteroatoms. The van der Waals surface area contributed by atoms with Gasteiger partial charge in [0.05, 0.1) is 0 Å². The molecule has 0 unspecified atom stereocenters. The van der Waals surface area contributed by atoms with E-state index in [0.29, 0.717) is 6.42 Å². The van der Waals surface area contributed by atoms with Gasteiger partial charge in [0.25, 0.3) is 0 Å². The quantitative estimate of drug-likeness (QED) is 0.534. The number of benzene rings is 2. The Hall–Kier alpha value is -3.20. The second-order valence-corrected chi connectivity index (χ2v) is 8.91. The molecule has 1 aliphatic heterocycles. The number of pyridine rings is 1. The smallest absolute Gasteiger partial charge is 0.228 e. The molecule has 2 aliphatic carbocycles. The highest BCUT2D eigenvalue weighted by Crippen LogP contribution is 2.41. The Balaban J connectivity index is 1.43. The van der Waals surface area contributed by atoms with Crippen molar-refractivity contribution in [2.24, 2.45) is 0 Å². The molecule has 1 amide bonds. The first kappa shape index (κ1) is 18.6. The number of hydrogen-bond acceptors (Lipinski definition) is 2. The molecule has 2 aromatic carbocycles. The Kier molecular flexibility index (Phi) is 4.48. The standard InChI is InChI=1S/C28H26N2O/c31-27-9-4-16-30(27)26-18-19(14-15-29-26)17-22-7-3-6-21-11-12-24-23-8-2-1-5-20(23)10-13-25(24)28(21)22/h2-3,6-8,11-12,14-15,18H,1,4-5,9-10,13,16-17H2. The lowest BCUT2D eigenvalue weighted by Gasteiger charge is -2.26. The van der Waals surface area contributed by atoms with E-state index in [0.717, 1.165) is 31.6 Å². The Morgan fingerprint density at radius 2 is 1.97 bits per heavy atom. The van der Waals surface area contributed by atoms with E-state index in [9.17, 15) is 4.79 Å². The van der Waals surface area contributed by atoms with E-state index in [1.807, 2.05) is 11.1 Å². The molecule has 154 valence electrons. The summed E-state index contributed by atoms with van der Waals surface area (Å²) < 4.78 is 0. The number of rotatable bonds is 3. The molecule has 0 N–H and O–H groups in total. The van der Waals surface area contributed by atoms with Crippen LogP contribution in [-0.2, 0) is 17.6 Å². The van der Waals surface area contributed by atoms with Crippen molar-refractivity contribution in [3.63, 3.8) is 0 Å². The molecule has 6 rings (SSSR count). The maximum Gasteiger partial charge on any atom is 0.228 e. The molecule has 0 spiro atoms. The third kappa shape index (κ3) is 3.20. The van der Waals surface area contributed by atoms with E-state index in [1.54, 1.807) is 5.57 Å². The lowest BCUT2D eigenvalue weighted by molar-refractivity contribution is -0.117. The third-order valence-corrected chi connectivity index (χ3v) is 7.04. The lowest BCUT2D eigenvalue weighted by atomic mass is 9.78. The summed E-state index contributed by atoms with van der Waals surface area (Å²) in [6, 6.07) is 15.5. The maximum absolute atomic E-state index is 12.2. The van der Waals surface area contributed by atoms with Gasteiger partial charge in [-0.25, -0.2) is 4.98 Å². The number of aryl methyl sites for hydroxylation is 1. The summed E-state index contributed by atoms with van der Waals surface area (Å²) in [7, 11) is 0. The van der Waals surface area contributed by atoms with Crippen molar-refractivity contribution in [2.75, 3.05) is 11.4 Å².